The number of likely N-dealkylation sites (N-methyl/N-ethyl adjacent to an activating group) is 1. The molecular weight excluding hydrogens is 278 g/mol. The van der Waals surface area contributed by atoms with Crippen LogP contribution in [-0.2, 0) is 9.59 Å². The monoisotopic (exact) mass is 297 g/mol. The number of carbonyl (C=O) groups excluding carboxylic acids is 2. The van der Waals surface area contributed by atoms with Gasteiger partial charge in [0.2, 0.25) is 11.8 Å². The highest BCUT2D eigenvalue weighted by atomic mass is 32.1. The van der Waals surface area contributed by atoms with E-state index in [2.05, 4.69) is 15.6 Å². The third-order valence-corrected chi connectivity index (χ3v) is 3.66. The van der Waals surface area contributed by atoms with E-state index in [1.165, 1.54) is 11.3 Å². The van der Waals surface area contributed by atoms with Crippen LogP contribution >= 0.6 is 11.3 Å². The van der Waals surface area contributed by atoms with Crippen molar-refractivity contribution < 1.29 is 9.59 Å². The SMILES string of the molecule is CN(CC(=O)Nc1nccs1)CC(=O)N1CCNCC1. The van der Waals surface area contributed by atoms with Gasteiger partial charge in [0.25, 0.3) is 0 Å². The van der Waals surface area contributed by atoms with Crippen LogP contribution in [0.1, 0.15) is 0 Å². The lowest BCUT2D eigenvalue weighted by Crippen LogP contribution is -2.49. The van der Waals surface area contributed by atoms with E-state index in [1.807, 2.05) is 4.90 Å². The molecule has 0 aromatic carbocycles. The Balaban J connectivity index is 1.72. The lowest BCUT2D eigenvalue weighted by Gasteiger charge is -2.29. The van der Waals surface area contributed by atoms with Crippen molar-refractivity contribution >= 4 is 28.3 Å². The molecule has 1 aliphatic heterocycles. The summed E-state index contributed by atoms with van der Waals surface area (Å²) in [5.41, 5.74) is 0. The lowest BCUT2D eigenvalue weighted by molar-refractivity contribution is -0.133. The minimum absolute atomic E-state index is 0.0658. The molecule has 20 heavy (non-hydrogen) atoms. The van der Waals surface area contributed by atoms with Gasteiger partial charge in [0.1, 0.15) is 0 Å². The molecule has 2 heterocycles. The summed E-state index contributed by atoms with van der Waals surface area (Å²) in [5, 5.41) is 8.28. The molecule has 0 bridgehead atoms. The summed E-state index contributed by atoms with van der Waals surface area (Å²) < 4.78 is 0. The second-order valence-corrected chi connectivity index (χ2v) is 5.58. The molecule has 0 atom stereocenters. The number of nitrogens with zero attached hydrogens (tertiary/aromatic N) is 3. The predicted octanol–water partition coefficient (Wildman–Crippen LogP) is -0.555. The molecule has 0 saturated carbocycles. The number of piperazine rings is 1. The number of hydrogen-bond acceptors (Lipinski definition) is 6. The van der Waals surface area contributed by atoms with Gasteiger partial charge in [0.15, 0.2) is 5.13 Å². The molecule has 1 saturated heterocycles. The fraction of sp³-hybridized carbons (Fsp3) is 0.583. The summed E-state index contributed by atoms with van der Waals surface area (Å²) in [6, 6.07) is 0. The minimum atomic E-state index is -0.157. The molecule has 7 nitrogen and oxygen atoms in total. The van der Waals surface area contributed by atoms with Crippen LogP contribution in [-0.4, -0.2) is 72.9 Å². The molecule has 2 N–H and O–H groups in total. The molecule has 1 aliphatic rings. The Labute approximate surface area is 122 Å². The Hall–Kier alpha value is -1.51. The van der Waals surface area contributed by atoms with E-state index in [0.717, 1.165) is 26.2 Å². The van der Waals surface area contributed by atoms with E-state index < -0.39 is 0 Å². The van der Waals surface area contributed by atoms with E-state index in [0.29, 0.717) is 5.13 Å². The van der Waals surface area contributed by atoms with Gasteiger partial charge in [-0.2, -0.15) is 0 Å². The maximum atomic E-state index is 12.0. The van der Waals surface area contributed by atoms with E-state index >= 15 is 0 Å². The van der Waals surface area contributed by atoms with Crippen molar-refractivity contribution in [3.8, 4) is 0 Å². The summed E-state index contributed by atoms with van der Waals surface area (Å²) in [6.45, 7) is 3.57. The average Bonchev–Trinajstić information content (AvgIpc) is 2.92. The maximum Gasteiger partial charge on any atom is 0.240 e. The zero-order chi connectivity index (χ0) is 14.4. The van der Waals surface area contributed by atoms with Gasteiger partial charge in [0, 0.05) is 37.8 Å². The molecule has 1 aromatic heterocycles. The number of rotatable bonds is 5. The zero-order valence-corrected chi connectivity index (χ0v) is 12.3. The second kappa shape index (κ2) is 7.32. The third kappa shape index (κ3) is 4.55. The normalized spacial score (nSPS) is 15.4. The maximum absolute atomic E-state index is 12.0. The summed E-state index contributed by atoms with van der Waals surface area (Å²) in [5.74, 6) is -0.0911. The number of anilines is 1. The van der Waals surface area contributed by atoms with Crippen molar-refractivity contribution in [2.24, 2.45) is 0 Å². The van der Waals surface area contributed by atoms with Gasteiger partial charge >= 0.3 is 0 Å². The van der Waals surface area contributed by atoms with E-state index in [1.54, 1.807) is 23.5 Å². The first-order chi connectivity index (χ1) is 9.65. The smallest absolute Gasteiger partial charge is 0.240 e. The first kappa shape index (κ1) is 14.9. The molecule has 0 aliphatic carbocycles. The number of amides is 2. The Morgan fingerprint density at radius 2 is 2.20 bits per heavy atom. The number of aromatic nitrogens is 1. The van der Waals surface area contributed by atoms with Crippen LogP contribution in [0.25, 0.3) is 0 Å². The third-order valence-electron chi connectivity index (χ3n) is 2.97. The number of thiazole rings is 1. The van der Waals surface area contributed by atoms with Gasteiger partial charge in [-0.25, -0.2) is 4.98 Å². The van der Waals surface area contributed by atoms with Crippen molar-refractivity contribution in [1.29, 1.82) is 0 Å². The van der Waals surface area contributed by atoms with Crippen LogP contribution in [0, 0.1) is 0 Å². The molecule has 2 amide bonds. The molecule has 1 fully saturated rings. The predicted molar refractivity (Wildman–Crippen MR) is 77.7 cm³/mol. The Morgan fingerprint density at radius 1 is 1.45 bits per heavy atom. The molecule has 1 aromatic rings. The van der Waals surface area contributed by atoms with Gasteiger partial charge < -0.3 is 15.5 Å². The van der Waals surface area contributed by atoms with Gasteiger partial charge in [0.05, 0.1) is 13.1 Å². The van der Waals surface area contributed by atoms with Crippen molar-refractivity contribution in [3.05, 3.63) is 11.6 Å². The fourth-order valence-electron chi connectivity index (χ4n) is 1.99. The topological polar surface area (TPSA) is 77.6 Å². The lowest BCUT2D eigenvalue weighted by atomic mass is 10.3. The number of nitrogens with one attached hydrogen (secondary N) is 2. The van der Waals surface area contributed by atoms with Crippen LogP contribution in [0.15, 0.2) is 11.6 Å². The first-order valence-electron chi connectivity index (χ1n) is 6.51. The standard InChI is InChI=1S/C12H19N5O2S/c1-16(8-10(18)15-12-14-4-7-20-12)9-11(19)17-5-2-13-3-6-17/h4,7,13H,2-3,5-6,8-9H2,1H3,(H,14,15,18). The van der Waals surface area contributed by atoms with Crippen molar-refractivity contribution in [2.45, 2.75) is 0 Å². The summed E-state index contributed by atoms with van der Waals surface area (Å²) >= 11 is 1.37. The van der Waals surface area contributed by atoms with E-state index in [9.17, 15) is 9.59 Å². The highest BCUT2D eigenvalue weighted by Gasteiger charge is 2.18. The van der Waals surface area contributed by atoms with Crippen molar-refractivity contribution in [1.82, 2.24) is 20.1 Å². The zero-order valence-electron chi connectivity index (χ0n) is 11.5. The molecule has 0 unspecified atom stereocenters. The molecule has 110 valence electrons. The minimum Gasteiger partial charge on any atom is -0.339 e. The van der Waals surface area contributed by atoms with Gasteiger partial charge in [-0.05, 0) is 7.05 Å². The van der Waals surface area contributed by atoms with Gasteiger partial charge in [-0.3, -0.25) is 14.5 Å². The Morgan fingerprint density at radius 3 is 2.85 bits per heavy atom. The van der Waals surface area contributed by atoms with Crippen molar-refractivity contribution in [2.75, 3.05) is 51.6 Å². The Kier molecular flexibility index (Phi) is 5.45. The van der Waals surface area contributed by atoms with Crippen LogP contribution in [0.5, 0.6) is 0 Å². The highest BCUT2D eigenvalue weighted by Crippen LogP contribution is 2.09. The Bertz CT molecular complexity index is 445. The first-order valence-corrected chi connectivity index (χ1v) is 7.39. The van der Waals surface area contributed by atoms with E-state index in [-0.39, 0.29) is 24.9 Å². The van der Waals surface area contributed by atoms with Gasteiger partial charge in [-0.15, -0.1) is 11.3 Å². The van der Waals surface area contributed by atoms with Crippen molar-refractivity contribution in [3.63, 3.8) is 0 Å². The highest BCUT2D eigenvalue weighted by molar-refractivity contribution is 7.13. The number of carbonyl (C=O) groups is 2. The molecule has 8 heteroatoms. The summed E-state index contributed by atoms with van der Waals surface area (Å²) in [6.07, 6.45) is 1.64. The van der Waals surface area contributed by atoms with Gasteiger partial charge in [-0.1, -0.05) is 0 Å². The van der Waals surface area contributed by atoms with Crippen LogP contribution in [0.3, 0.4) is 0 Å². The molecule has 0 radical (unpaired) electrons. The number of hydrogen-bond donors (Lipinski definition) is 2. The largest absolute Gasteiger partial charge is 0.339 e. The molecular formula is C12H19N5O2S. The summed E-state index contributed by atoms with van der Waals surface area (Å²) in [4.78, 5) is 31.3. The average molecular weight is 297 g/mol. The second-order valence-electron chi connectivity index (χ2n) is 4.69. The fourth-order valence-corrected chi connectivity index (χ4v) is 2.54. The van der Waals surface area contributed by atoms with Crippen LogP contribution < -0.4 is 10.6 Å². The van der Waals surface area contributed by atoms with Crippen LogP contribution in [0.2, 0.25) is 0 Å². The molecule has 2 rings (SSSR count). The van der Waals surface area contributed by atoms with Crippen LogP contribution in [0.4, 0.5) is 5.13 Å². The quantitative estimate of drug-likeness (QED) is 0.762. The molecule has 0 spiro atoms. The summed E-state index contributed by atoms with van der Waals surface area (Å²) in [7, 11) is 1.77. The van der Waals surface area contributed by atoms with E-state index in [4.69, 9.17) is 0 Å².